The van der Waals surface area contributed by atoms with Gasteiger partial charge in [-0.2, -0.15) is 0 Å². The second-order valence-electron chi connectivity index (χ2n) is 3.85. The molecule has 0 unspecified atom stereocenters. The molecule has 3 N–H and O–H groups in total. The van der Waals surface area contributed by atoms with Gasteiger partial charge in [0.05, 0.1) is 6.54 Å². The summed E-state index contributed by atoms with van der Waals surface area (Å²) >= 11 is 0. The largest absolute Gasteiger partial charge is 0.370 e. The number of nitrogens with one attached hydrogen (secondary N) is 1. The summed E-state index contributed by atoms with van der Waals surface area (Å²) in [6.07, 6.45) is 2.48. The Bertz CT molecular complexity index is 404. The lowest BCUT2D eigenvalue weighted by Crippen LogP contribution is -2.41. The highest BCUT2D eigenvalue weighted by Crippen LogP contribution is 1.96. The van der Waals surface area contributed by atoms with E-state index in [0.717, 1.165) is 12.1 Å². The quantitative estimate of drug-likeness (QED) is 0.550. The van der Waals surface area contributed by atoms with Gasteiger partial charge in [-0.1, -0.05) is 6.07 Å². The van der Waals surface area contributed by atoms with Crippen molar-refractivity contribution in [1.29, 1.82) is 0 Å². The Balaban J connectivity index is 2.32. The highest BCUT2D eigenvalue weighted by Gasteiger charge is 2.08. The smallest absolute Gasteiger partial charge is 0.241 e. The van der Waals surface area contributed by atoms with Gasteiger partial charge in [-0.05, 0) is 12.1 Å². The van der Waals surface area contributed by atoms with Crippen LogP contribution in [0.1, 0.15) is 5.69 Å². The second kappa shape index (κ2) is 7.26. The van der Waals surface area contributed by atoms with Crippen LogP contribution in [0, 0.1) is 0 Å². The zero-order valence-electron chi connectivity index (χ0n) is 10.8. The summed E-state index contributed by atoms with van der Waals surface area (Å²) in [5, 5.41) is 2.73. The Labute approximate surface area is 107 Å². The number of nitrogens with zero attached hydrogens (tertiary/aromatic N) is 3. The summed E-state index contributed by atoms with van der Waals surface area (Å²) in [6, 6.07) is 5.75. The van der Waals surface area contributed by atoms with Crippen LogP contribution in [0.15, 0.2) is 29.4 Å². The number of guanidine groups is 1. The zero-order chi connectivity index (χ0) is 13.4. The molecular weight excluding hydrogens is 230 g/mol. The fraction of sp³-hybridized carbons (Fsp3) is 0.417. The van der Waals surface area contributed by atoms with Crippen LogP contribution in [0.25, 0.3) is 0 Å². The summed E-state index contributed by atoms with van der Waals surface area (Å²) in [6.45, 7) is 0.780. The molecule has 0 spiro atoms. The van der Waals surface area contributed by atoms with Crippen LogP contribution < -0.4 is 11.1 Å². The van der Waals surface area contributed by atoms with E-state index in [-0.39, 0.29) is 18.4 Å². The average molecular weight is 249 g/mol. The molecular formula is C12H19N5O. The van der Waals surface area contributed by atoms with Crippen molar-refractivity contribution in [1.82, 2.24) is 15.2 Å². The van der Waals surface area contributed by atoms with Crippen molar-refractivity contribution in [3.05, 3.63) is 30.1 Å². The topological polar surface area (TPSA) is 83.6 Å². The van der Waals surface area contributed by atoms with Crippen LogP contribution in [0.2, 0.25) is 0 Å². The zero-order valence-corrected chi connectivity index (χ0v) is 10.8. The standard InChI is InChI=1S/C12H19N5O/c1-14-12(13)16-9-11(18)17(2)8-6-10-5-3-4-7-15-10/h3-5,7H,6,8-9H2,1-2H3,(H3,13,14,16). The fourth-order valence-electron chi connectivity index (χ4n) is 1.33. The molecule has 0 saturated carbocycles. The SMILES string of the molecule is CN=C(N)NCC(=O)N(C)CCc1ccccn1. The lowest BCUT2D eigenvalue weighted by Gasteiger charge is -2.17. The van der Waals surface area contributed by atoms with E-state index in [1.165, 1.54) is 0 Å². The number of aromatic nitrogens is 1. The van der Waals surface area contributed by atoms with Gasteiger partial charge in [0, 0.05) is 39.0 Å². The van der Waals surface area contributed by atoms with Gasteiger partial charge in [-0.25, -0.2) is 0 Å². The average Bonchev–Trinajstić information content (AvgIpc) is 2.42. The van der Waals surface area contributed by atoms with Gasteiger partial charge in [0.2, 0.25) is 5.91 Å². The third-order valence-electron chi connectivity index (χ3n) is 2.52. The number of hydrogen-bond acceptors (Lipinski definition) is 3. The van der Waals surface area contributed by atoms with Crippen molar-refractivity contribution < 1.29 is 4.79 Å². The molecule has 0 aliphatic rings. The molecule has 0 aromatic carbocycles. The molecule has 98 valence electrons. The Hall–Kier alpha value is -2.11. The lowest BCUT2D eigenvalue weighted by atomic mass is 10.2. The van der Waals surface area contributed by atoms with Crippen LogP contribution in [0.5, 0.6) is 0 Å². The minimum atomic E-state index is -0.0301. The predicted octanol–water partition coefficient (Wildman–Crippen LogP) is -0.383. The third-order valence-corrected chi connectivity index (χ3v) is 2.52. The Morgan fingerprint density at radius 3 is 2.94 bits per heavy atom. The fourth-order valence-corrected chi connectivity index (χ4v) is 1.33. The summed E-state index contributed by atoms with van der Waals surface area (Å²) in [4.78, 5) is 21.3. The van der Waals surface area contributed by atoms with Gasteiger partial charge in [0.1, 0.15) is 0 Å². The maximum atomic E-state index is 11.7. The molecule has 1 heterocycles. The molecule has 0 aliphatic heterocycles. The minimum absolute atomic E-state index is 0.0301. The molecule has 0 atom stereocenters. The van der Waals surface area contributed by atoms with Crippen molar-refractivity contribution >= 4 is 11.9 Å². The molecule has 1 amide bonds. The second-order valence-corrected chi connectivity index (χ2v) is 3.85. The van der Waals surface area contributed by atoms with Gasteiger partial charge in [-0.3, -0.25) is 14.8 Å². The van der Waals surface area contributed by atoms with E-state index < -0.39 is 0 Å². The van der Waals surface area contributed by atoms with E-state index >= 15 is 0 Å². The summed E-state index contributed by atoms with van der Waals surface area (Å²) < 4.78 is 0. The minimum Gasteiger partial charge on any atom is -0.370 e. The van der Waals surface area contributed by atoms with E-state index in [1.807, 2.05) is 18.2 Å². The predicted molar refractivity (Wildman–Crippen MR) is 71.1 cm³/mol. The van der Waals surface area contributed by atoms with Crippen LogP contribution in [-0.4, -0.2) is 48.9 Å². The third kappa shape index (κ3) is 4.82. The van der Waals surface area contributed by atoms with Gasteiger partial charge >= 0.3 is 0 Å². The van der Waals surface area contributed by atoms with Crippen molar-refractivity contribution in [2.24, 2.45) is 10.7 Å². The van der Waals surface area contributed by atoms with Crippen LogP contribution in [0.4, 0.5) is 0 Å². The first-order valence-corrected chi connectivity index (χ1v) is 5.73. The maximum absolute atomic E-state index is 11.7. The van der Waals surface area contributed by atoms with Gasteiger partial charge in [0.25, 0.3) is 0 Å². The first kappa shape index (κ1) is 14.0. The molecule has 6 nitrogen and oxygen atoms in total. The Kier molecular flexibility index (Phi) is 5.63. The van der Waals surface area contributed by atoms with Crippen molar-refractivity contribution in [3.8, 4) is 0 Å². The highest BCUT2D eigenvalue weighted by atomic mass is 16.2. The number of amides is 1. The number of rotatable bonds is 5. The number of nitrogens with two attached hydrogens (primary N) is 1. The Morgan fingerprint density at radius 2 is 2.33 bits per heavy atom. The van der Waals surface area contributed by atoms with Crippen LogP contribution in [0.3, 0.4) is 0 Å². The van der Waals surface area contributed by atoms with Crippen LogP contribution in [-0.2, 0) is 11.2 Å². The number of carbonyl (C=O) groups is 1. The summed E-state index contributed by atoms with van der Waals surface area (Å²) in [7, 11) is 3.32. The normalized spacial score (nSPS) is 11.1. The van der Waals surface area contributed by atoms with Gasteiger partial charge in [-0.15, -0.1) is 0 Å². The number of likely N-dealkylation sites (N-methyl/N-ethyl adjacent to an activating group) is 1. The number of hydrogen-bond donors (Lipinski definition) is 2. The molecule has 0 aliphatic carbocycles. The maximum Gasteiger partial charge on any atom is 0.241 e. The van der Waals surface area contributed by atoms with E-state index in [4.69, 9.17) is 5.73 Å². The van der Waals surface area contributed by atoms with E-state index in [2.05, 4.69) is 15.3 Å². The molecule has 1 aromatic rings. The van der Waals surface area contributed by atoms with Crippen molar-refractivity contribution in [2.45, 2.75) is 6.42 Å². The number of carbonyl (C=O) groups excluding carboxylic acids is 1. The molecule has 1 rings (SSSR count). The molecule has 18 heavy (non-hydrogen) atoms. The van der Waals surface area contributed by atoms with E-state index in [0.29, 0.717) is 6.54 Å². The van der Waals surface area contributed by atoms with Gasteiger partial charge < -0.3 is 16.0 Å². The summed E-state index contributed by atoms with van der Waals surface area (Å²) in [5.74, 6) is 0.235. The van der Waals surface area contributed by atoms with Crippen LogP contribution >= 0.6 is 0 Å². The van der Waals surface area contributed by atoms with E-state index in [1.54, 1.807) is 25.2 Å². The van der Waals surface area contributed by atoms with Gasteiger partial charge in [0.15, 0.2) is 5.96 Å². The van der Waals surface area contributed by atoms with Crippen molar-refractivity contribution in [2.75, 3.05) is 27.2 Å². The molecule has 0 radical (unpaired) electrons. The lowest BCUT2D eigenvalue weighted by molar-refractivity contribution is -0.128. The molecule has 1 aromatic heterocycles. The Morgan fingerprint density at radius 1 is 1.56 bits per heavy atom. The molecule has 0 saturated heterocycles. The number of aliphatic imine (C=N–C) groups is 1. The molecule has 0 fully saturated rings. The van der Waals surface area contributed by atoms with Crippen molar-refractivity contribution in [3.63, 3.8) is 0 Å². The first-order valence-electron chi connectivity index (χ1n) is 5.73. The highest BCUT2D eigenvalue weighted by molar-refractivity contribution is 5.85. The summed E-state index contributed by atoms with van der Waals surface area (Å²) in [5.41, 5.74) is 6.42. The van der Waals surface area contributed by atoms with E-state index in [9.17, 15) is 4.79 Å². The first-order chi connectivity index (χ1) is 8.63. The molecule has 6 heteroatoms. The molecule has 0 bridgehead atoms. The monoisotopic (exact) mass is 249 g/mol. The number of pyridine rings is 1.